The summed E-state index contributed by atoms with van der Waals surface area (Å²) >= 11 is 0. The Bertz CT molecular complexity index is 408. The highest BCUT2D eigenvalue weighted by Gasteiger charge is 2.18. The number of nitrogens with zero attached hydrogens (tertiary/aromatic N) is 2. The third-order valence-corrected chi connectivity index (χ3v) is 4.28. The Hall–Kier alpha value is -1.09. The fourth-order valence-corrected chi connectivity index (χ4v) is 3.14. The lowest BCUT2D eigenvalue weighted by molar-refractivity contribution is 0.332. The Morgan fingerprint density at radius 1 is 1.22 bits per heavy atom. The minimum Gasteiger partial charge on any atom is -0.335 e. The van der Waals surface area contributed by atoms with E-state index in [1.165, 1.54) is 38.1 Å². The Labute approximate surface area is 109 Å². The molecule has 0 amide bonds. The largest absolute Gasteiger partial charge is 0.335 e. The SMILES string of the molecule is C1=CCC(CNCC2CCc3nccn3C2)CC1. The normalized spacial score (nSPS) is 27.1. The summed E-state index contributed by atoms with van der Waals surface area (Å²) in [5.41, 5.74) is 0. The van der Waals surface area contributed by atoms with Gasteiger partial charge in [-0.1, -0.05) is 12.2 Å². The predicted octanol–water partition coefficient (Wildman–Crippen LogP) is 2.39. The van der Waals surface area contributed by atoms with Gasteiger partial charge in [-0.05, 0) is 50.6 Å². The lowest BCUT2D eigenvalue weighted by Gasteiger charge is -2.25. The first-order chi connectivity index (χ1) is 8.92. The van der Waals surface area contributed by atoms with E-state index in [1.54, 1.807) is 0 Å². The number of imidazole rings is 1. The highest BCUT2D eigenvalue weighted by molar-refractivity contribution is 4.97. The molecule has 2 heterocycles. The summed E-state index contributed by atoms with van der Waals surface area (Å²) in [4.78, 5) is 4.38. The first-order valence-electron chi connectivity index (χ1n) is 7.27. The molecule has 0 bridgehead atoms. The molecule has 1 aromatic heterocycles. The number of hydrogen-bond acceptors (Lipinski definition) is 2. The molecule has 98 valence electrons. The van der Waals surface area contributed by atoms with E-state index >= 15 is 0 Å². The molecule has 0 fully saturated rings. The second kappa shape index (κ2) is 5.70. The smallest absolute Gasteiger partial charge is 0.108 e. The minimum atomic E-state index is 0.783. The Morgan fingerprint density at radius 3 is 3.06 bits per heavy atom. The van der Waals surface area contributed by atoms with Gasteiger partial charge in [-0.2, -0.15) is 0 Å². The molecule has 2 aliphatic rings. The van der Waals surface area contributed by atoms with Gasteiger partial charge in [0.15, 0.2) is 0 Å². The first kappa shape index (κ1) is 12.0. The topological polar surface area (TPSA) is 29.9 Å². The van der Waals surface area contributed by atoms with Gasteiger partial charge in [0, 0.05) is 25.4 Å². The number of aromatic nitrogens is 2. The average molecular weight is 245 g/mol. The van der Waals surface area contributed by atoms with Crippen LogP contribution >= 0.6 is 0 Å². The van der Waals surface area contributed by atoms with Crippen molar-refractivity contribution in [3.63, 3.8) is 0 Å². The van der Waals surface area contributed by atoms with Crippen molar-refractivity contribution in [2.45, 2.75) is 38.6 Å². The average Bonchev–Trinajstić information content (AvgIpc) is 2.87. The van der Waals surface area contributed by atoms with Crippen molar-refractivity contribution in [1.29, 1.82) is 0 Å². The van der Waals surface area contributed by atoms with Gasteiger partial charge in [-0.3, -0.25) is 0 Å². The van der Waals surface area contributed by atoms with Gasteiger partial charge in [-0.25, -0.2) is 4.98 Å². The molecule has 0 saturated heterocycles. The number of aryl methyl sites for hydroxylation is 1. The van der Waals surface area contributed by atoms with Crippen molar-refractivity contribution in [2.24, 2.45) is 11.8 Å². The molecule has 2 atom stereocenters. The Morgan fingerprint density at radius 2 is 2.17 bits per heavy atom. The van der Waals surface area contributed by atoms with Crippen LogP contribution in [-0.2, 0) is 13.0 Å². The second-order valence-electron chi connectivity index (χ2n) is 5.71. The maximum atomic E-state index is 4.38. The monoisotopic (exact) mass is 245 g/mol. The van der Waals surface area contributed by atoms with E-state index in [2.05, 4.69) is 33.2 Å². The number of hydrogen-bond donors (Lipinski definition) is 1. The summed E-state index contributed by atoms with van der Waals surface area (Å²) in [6, 6.07) is 0. The fraction of sp³-hybridized carbons (Fsp3) is 0.667. The lowest BCUT2D eigenvalue weighted by atomic mass is 9.94. The molecule has 1 N–H and O–H groups in total. The van der Waals surface area contributed by atoms with Gasteiger partial charge in [0.2, 0.25) is 0 Å². The molecule has 0 radical (unpaired) electrons. The van der Waals surface area contributed by atoms with Gasteiger partial charge in [-0.15, -0.1) is 0 Å². The Balaban J connectivity index is 1.40. The van der Waals surface area contributed by atoms with E-state index in [1.807, 2.05) is 6.20 Å². The molecule has 0 aromatic carbocycles. The van der Waals surface area contributed by atoms with Gasteiger partial charge in [0.05, 0.1) is 0 Å². The third-order valence-electron chi connectivity index (χ3n) is 4.28. The van der Waals surface area contributed by atoms with Gasteiger partial charge < -0.3 is 9.88 Å². The van der Waals surface area contributed by atoms with Crippen LogP contribution in [0.3, 0.4) is 0 Å². The van der Waals surface area contributed by atoms with E-state index in [0.717, 1.165) is 31.3 Å². The molecule has 2 unspecified atom stereocenters. The zero-order chi connectivity index (χ0) is 12.2. The first-order valence-corrected chi connectivity index (χ1v) is 7.27. The van der Waals surface area contributed by atoms with Crippen molar-refractivity contribution in [3.8, 4) is 0 Å². The van der Waals surface area contributed by atoms with Crippen LogP contribution in [0.15, 0.2) is 24.5 Å². The quantitative estimate of drug-likeness (QED) is 0.825. The standard InChI is InChI=1S/C15H23N3/c1-2-4-13(5-3-1)10-16-11-14-6-7-15-17-8-9-18(15)12-14/h1-2,8-9,13-14,16H,3-7,10-12H2. The molecule has 0 saturated carbocycles. The molecular weight excluding hydrogens is 222 g/mol. The highest BCUT2D eigenvalue weighted by atomic mass is 15.1. The van der Waals surface area contributed by atoms with Crippen LogP contribution in [0.1, 0.15) is 31.5 Å². The number of allylic oxidation sites excluding steroid dienone is 2. The lowest BCUT2D eigenvalue weighted by Crippen LogP contribution is -2.33. The molecule has 3 nitrogen and oxygen atoms in total. The maximum Gasteiger partial charge on any atom is 0.108 e. The van der Waals surface area contributed by atoms with E-state index < -0.39 is 0 Å². The molecule has 1 aromatic rings. The summed E-state index contributed by atoms with van der Waals surface area (Å²) in [5, 5.41) is 3.68. The zero-order valence-electron chi connectivity index (χ0n) is 11.0. The van der Waals surface area contributed by atoms with Crippen LogP contribution in [0.2, 0.25) is 0 Å². The fourth-order valence-electron chi connectivity index (χ4n) is 3.14. The molecule has 1 aliphatic heterocycles. The van der Waals surface area contributed by atoms with Crippen LogP contribution < -0.4 is 5.32 Å². The maximum absolute atomic E-state index is 4.38. The highest BCUT2D eigenvalue weighted by Crippen LogP contribution is 2.19. The molecule has 0 spiro atoms. The van der Waals surface area contributed by atoms with Crippen LogP contribution in [-0.4, -0.2) is 22.6 Å². The second-order valence-corrected chi connectivity index (χ2v) is 5.71. The van der Waals surface area contributed by atoms with Gasteiger partial charge >= 0.3 is 0 Å². The van der Waals surface area contributed by atoms with Gasteiger partial charge in [0.1, 0.15) is 5.82 Å². The molecule has 1 aliphatic carbocycles. The van der Waals surface area contributed by atoms with Crippen molar-refractivity contribution in [3.05, 3.63) is 30.4 Å². The summed E-state index contributed by atoms with van der Waals surface area (Å²) in [5.74, 6) is 2.91. The molecular formula is C15H23N3. The van der Waals surface area contributed by atoms with Crippen molar-refractivity contribution in [1.82, 2.24) is 14.9 Å². The summed E-state index contributed by atoms with van der Waals surface area (Å²) < 4.78 is 2.32. The predicted molar refractivity (Wildman–Crippen MR) is 73.4 cm³/mol. The van der Waals surface area contributed by atoms with E-state index in [4.69, 9.17) is 0 Å². The van der Waals surface area contributed by atoms with E-state index in [9.17, 15) is 0 Å². The summed E-state index contributed by atoms with van der Waals surface area (Å²) in [6.07, 6.45) is 15.0. The number of rotatable bonds is 4. The summed E-state index contributed by atoms with van der Waals surface area (Å²) in [7, 11) is 0. The van der Waals surface area contributed by atoms with Crippen molar-refractivity contribution >= 4 is 0 Å². The molecule has 18 heavy (non-hydrogen) atoms. The van der Waals surface area contributed by atoms with Crippen LogP contribution in [0.25, 0.3) is 0 Å². The number of fused-ring (bicyclic) bond motifs is 1. The zero-order valence-corrected chi connectivity index (χ0v) is 11.0. The number of nitrogens with one attached hydrogen (secondary N) is 1. The third kappa shape index (κ3) is 2.83. The van der Waals surface area contributed by atoms with E-state index in [-0.39, 0.29) is 0 Å². The molecule has 3 rings (SSSR count). The van der Waals surface area contributed by atoms with Crippen LogP contribution in [0.5, 0.6) is 0 Å². The van der Waals surface area contributed by atoms with Crippen molar-refractivity contribution in [2.75, 3.05) is 13.1 Å². The molecule has 3 heteroatoms. The Kier molecular flexibility index (Phi) is 3.79. The van der Waals surface area contributed by atoms with Gasteiger partial charge in [0.25, 0.3) is 0 Å². The van der Waals surface area contributed by atoms with E-state index in [0.29, 0.717) is 0 Å². The van der Waals surface area contributed by atoms with Crippen molar-refractivity contribution < 1.29 is 0 Å². The van der Waals surface area contributed by atoms with Crippen LogP contribution in [0, 0.1) is 11.8 Å². The van der Waals surface area contributed by atoms with Crippen LogP contribution in [0.4, 0.5) is 0 Å². The minimum absolute atomic E-state index is 0.783. The summed E-state index contributed by atoms with van der Waals surface area (Å²) in [6.45, 7) is 3.50.